The minimum absolute atomic E-state index is 0.685. The van der Waals surface area contributed by atoms with Crippen LogP contribution in [0, 0.1) is 5.92 Å². The first-order valence-corrected chi connectivity index (χ1v) is 7.81. The lowest BCUT2D eigenvalue weighted by Gasteiger charge is -2.21. The van der Waals surface area contributed by atoms with Gasteiger partial charge >= 0.3 is 0 Å². The first kappa shape index (κ1) is 13.4. The van der Waals surface area contributed by atoms with Gasteiger partial charge in [0.2, 0.25) is 0 Å². The van der Waals surface area contributed by atoms with E-state index in [-0.39, 0.29) is 0 Å². The van der Waals surface area contributed by atoms with Crippen LogP contribution >= 0.6 is 0 Å². The molecule has 0 spiro atoms. The van der Waals surface area contributed by atoms with E-state index < -0.39 is 0 Å². The van der Waals surface area contributed by atoms with E-state index in [0.29, 0.717) is 6.04 Å². The van der Waals surface area contributed by atoms with Crippen LogP contribution in [0.2, 0.25) is 0 Å². The van der Waals surface area contributed by atoms with Gasteiger partial charge in [0.1, 0.15) is 0 Å². The predicted octanol–water partition coefficient (Wildman–Crippen LogP) is 3.08. The summed E-state index contributed by atoms with van der Waals surface area (Å²) in [5, 5.41) is 7.38. The zero-order chi connectivity index (χ0) is 11.9. The lowest BCUT2D eigenvalue weighted by molar-refractivity contribution is 0.399. The molecule has 2 aliphatic rings. The molecule has 2 heteroatoms. The maximum atomic E-state index is 3.69. The third-order valence-corrected chi connectivity index (χ3v) is 4.28. The standard InChI is InChI=1S/C15H30N2/c1-13(16-11-5-6-14-8-9-14)12-15-7-3-2-4-10-17-15/h13-17H,2-12H2,1H3. The Balaban J connectivity index is 1.50. The average molecular weight is 238 g/mol. The summed E-state index contributed by atoms with van der Waals surface area (Å²) in [4.78, 5) is 0. The third kappa shape index (κ3) is 5.87. The molecule has 2 unspecified atom stereocenters. The molecule has 2 nitrogen and oxygen atoms in total. The van der Waals surface area contributed by atoms with E-state index in [9.17, 15) is 0 Å². The molecule has 0 aromatic heterocycles. The molecule has 17 heavy (non-hydrogen) atoms. The highest BCUT2D eigenvalue weighted by atomic mass is 14.9. The fourth-order valence-corrected chi connectivity index (χ4v) is 2.96. The molecule has 0 bridgehead atoms. The van der Waals surface area contributed by atoms with E-state index in [1.807, 2.05) is 0 Å². The summed E-state index contributed by atoms with van der Waals surface area (Å²) in [5.74, 6) is 1.09. The minimum atomic E-state index is 0.685. The van der Waals surface area contributed by atoms with Crippen molar-refractivity contribution < 1.29 is 0 Å². The SMILES string of the molecule is CC(CC1CCCCCN1)NCCCC1CC1. The molecule has 2 fully saturated rings. The molecule has 2 rings (SSSR count). The molecule has 100 valence electrons. The van der Waals surface area contributed by atoms with Gasteiger partial charge in [-0.3, -0.25) is 0 Å². The number of rotatable bonds is 7. The summed E-state index contributed by atoms with van der Waals surface area (Å²) < 4.78 is 0. The van der Waals surface area contributed by atoms with Gasteiger partial charge in [-0.15, -0.1) is 0 Å². The first-order valence-electron chi connectivity index (χ1n) is 7.81. The molecule has 1 saturated heterocycles. The number of nitrogens with one attached hydrogen (secondary N) is 2. The van der Waals surface area contributed by atoms with Gasteiger partial charge < -0.3 is 10.6 Å². The molecule has 1 heterocycles. The largest absolute Gasteiger partial charge is 0.314 e. The zero-order valence-electron chi connectivity index (χ0n) is 11.5. The summed E-state index contributed by atoms with van der Waals surface area (Å²) >= 11 is 0. The van der Waals surface area contributed by atoms with Crippen molar-refractivity contribution in [1.82, 2.24) is 10.6 Å². The van der Waals surface area contributed by atoms with E-state index in [2.05, 4.69) is 17.6 Å². The van der Waals surface area contributed by atoms with Crippen LogP contribution in [0.3, 0.4) is 0 Å². The number of hydrogen-bond donors (Lipinski definition) is 2. The van der Waals surface area contributed by atoms with Crippen molar-refractivity contribution in [3.8, 4) is 0 Å². The van der Waals surface area contributed by atoms with Crippen LogP contribution in [-0.4, -0.2) is 25.2 Å². The quantitative estimate of drug-likeness (QED) is 0.666. The van der Waals surface area contributed by atoms with Crippen LogP contribution in [0.1, 0.15) is 64.7 Å². The Morgan fingerprint density at radius 3 is 2.88 bits per heavy atom. The van der Waals surface area contributed by atoms with Crippen LogP contribution in [-0.2, 0) is 0 Å². The van der Waals surface area contributed by atoms with Gasteiger partial charge in [-0.25, -0.2) is 0 Å². The Bertz CT molecular complexity index is 193. The molecule has 0 amide bonds. The predicted molar refractivity (Wildman–Crippen MR) is 74.3 cm³/mol. The van der Waals surface area contributed by atoms with Crippen molar-refractivity contribution in [3.05, 3.63) is 0 Å². The van der Waals surface area contributed by atoms with Crippen molar-refractivity contribution in [1.29, 1.82) is 0 Å². The summed E-state index contributed by atoms with van der Waals surface area (Å²) in [7, 11) is 0. The van der Waals surface area contributed by atoms with E-state index in [1.165, 1.54) is 70.9 Å². The summed E-state index contributed by atoms with van der Waals surface area (Å²) in [6.45, 7) is 4.81. The van der Waals surface area contributed by atoms with Crippen molar-refractivity contribution in [3.63, 3.8) is 0 Å². The Morgan fingerprint density at radius 1 is 1.18 bits per heavy atom. The van der Waals surface area contributed by atoms with Crippen molar-refractivity contribution in [2.24, 2.45) is 5.92 Å². The summed E-state index contributed by atoms with van der Waals surface area (Å²) in [6, 6.07) is 1.45. The second kappa shape index (κ2) is 7.38. The monoisotopic (exact) mass is 238 g/mol. The van der Waals surface area contributed by atoms with Crippen LogP contribution in [0.4, 0.5) is 0 Å². The highest BCUT2D eigenvalue weighted by Gasteiger charge is 2.20. The Kier molecular flexibility index (Phi) is 5.79. The fraction of sp³-hybridized carbons (Fsp3) is 1.00. The highest BCUT2D eigenvalue weighted by Crippen LogP contribution is 2.33. The Morgan fingerprint density at radius 2 is 2.06 bits per heavy atom. The van der Waals surface area contributed by atoms with Gasteiger partial charge in [-0.2, -0.15) is 0 Å². The number of hydrogen-bond acceptors (Lipinski definition) is 2. The molecule has 0 aromatic carbocycles. The zero-order valence-corrected chi connectivity index (χ0v) is 11.5. The lowest BCUT2D eigenvalue weighted by atomic mass is 10.0. The topological polar surface area (TPSA) is 24.1 Å². The molecule has 2 N–H and O–H groups in total. The molecule has 1 saturated carbocycles. The van der Waals surface area contributed by atoms with Gasteiger partial charge in [0.25, 0.3) is 0 Å². The first-order chi connectivity index (χ1) is 8.34. The smallest absolute Gasteiger partial charge is 0.00817 e. The molecule has 0 aromatic rings. The van der Waals surface area contributed by atoms with E-state index >= 15 is 0 Å². The Hall–Kier alpha value is -0.0800. The van der Waals surface area contributed by atoms with Crippen LogP contribution in [0.15, 0.2) is 0 Å². The van der Waals surface area contributed by atoms with Crippen LogP contribution in [0.25, 0.3) is 0 Å². The van der Waals surface area contributed by atoms with Gasteiger partial charge in [-0.05, 0) is 58.0 Å². The summed E-state index contributed by atoms with van der Waals surface area (Å²) in [5.41, 5.74) is 0. The minimum Gasteiger partial charge on any atom is -0.314 e. The average Bonchev–Trinajstić information content (AvgIpc) is 3.12. The van der Waals surface area contributed by atoms with Crippen molar-refractivity contribution >= 4 is 0 Å². The van der Waals surface area contributed by atoms with Gasteiger partial charge in [-0.1, -0.05) is 25.7 Å². The molecule has 0 radical (unpaired) electrons. The van der Waals surface area contributed by atoms with Crippen molar-refractivity contribution in [2.75, 3.05) is 13.1 Å². The third-order valence-electron chi connectivity index (χ3n) is 4.28. The summed E-state index contributed by atoms with van der Waals surface area (Å²) in [6.07, 6.45) is 12.8. The highest BCUT2D eigenvalue weighted by molar-refractivity contribution is 4.77. The molecular formula is C15H30N2. The van der Waals surface area contributed by atoms with Gasteiger partial charge in [0, 0.05) is 12.1 Å². The molecule has 1 aliphatic heterocycles. The molecule has 2 atom stereocenters. The molecular weight excluding hydrogens is 208 g/mol. The van der Waals surface area contributed by atoms with E-state index in [1.54, 1.807) is 0 Å². The fourth-order valence-electron chi connectivity index (χ4n) is 2.96. The van der Waals surface area contributed by atoms with Gasteiger partial charge in [0.05, 0.1) is 0 Å². The second-order valence-electron chi connectivity index (χ2n) is 6.18. The van der Waals surface area contributed by atoms with Crippen molar-refractivity contribution in [2.45, 2.75) is 76.8 Å². The Labute approximate surface area is 107 Å². The van der Waals surface area contributed by atoms with Gasteiger partial charge in [0.15, 0.2) is 0 Å². The lowest BCUT2D eigenvalue weighted by Crippen LogP contribution is -2.37. The molecule has 1 aliphatic carbocycles. The van der Waals surface area contributed by atoms with Crippen LogP contribution in [0.5, 0.6) is 0 Å². The maximum Gasteiger partial charge on any atom is 0.00817 e. The van der Waals surface area contributed by atoms with E-state index in [0.717, 1.165) is 12.0 Å². The van der Waals surface area contributed by atoms with E-state index in [4.69, 9.17) is 0 Å². The maximum absolute atomic E-state index is 3.69. The van der Waals surface area contributed by atoms with Crippen LogP contribution < -0.4 is 10.6 Å². The normalized spacial score (nSPS) is 27.7. The second-order valence-corrected chi connectivity index (χ2v) is 6.18.